The number of Topliss-reactive ketones (excluding diaryl/α,β-unsaturated/α-hetero) is 1. The van der Waals surface area contributed by atoms with E-state index in [2.05, 4.69) is 13.5 Å². The highest BCUT2D eigenvalue weighted by molar-refractivity contribution is 5.91. The largest absolute Gasteiger partial charge is 0.458 e. The molecule has 1 N–H and O–H groups in total. The summed E-state index contributed by atoms with van der Waals surface area (Å²) in [5.74, 6) is -0.990. The van der Waals surface area contributed by atoms with Crippen molar-refractivity contribution in [3.8, 4) is 0 Å². The molecule has 0 aromatic carbocycles. The van der Waals surface area contributed by atoms with E-state index in [0.29, 0.717) is 18.4 Å². The number of ether oxygens (including phenoxy) is 1. The molecule has 0 aromatic rings. The summed E-state index contributed by atoms with van der Waals surface area (Å²) in [6, 6.07) is 0. The van der Waals surface area contributed by atoms with Crippen molar-refractivity contribution in [2.75, 3.05) is 0 Å². The van der Waals surface area contributed by atoms with Gasteiger partial charge in [-0.25, -0.2) is 4.79 Å². The van der Waals surface area contributed by atoms with Crippen LogP contribution < -0.4 is 0 Å². The van der Waals surface area contributed by atoms with E-state index in [1.54, 1.807) is 13.0 Å². The molecule has 2 bridgehead atoms. The second-order valence-electron chi connectivity index (χ2n) is 8.73. The van der Waals surface area contributed by atoms with E-state index < -0.39 is 23.0 Å². The number of hydrogen-bond donors (Lipinski definition) is 1. The first-order chi connectivity index (χ1) is 11.0. The van der Waals surface area contributed by atoms with Gasteiger partial charge in [-0.2, -0.15) is 0 Å². The Kier molecular flexibility index (Phi) is 3.66. The molecule has 2 saturated carbocycles. The second-order valence-corrected chi connectivity index (χ2v) is 8.73. The monoisotopic (exact) mass is 332 g/mol. The Morgan fingerprint density at radius 1 is 1.25 bits per heavy atom. The minimum Gasteiger partial charge on any atom is -0.458 e. The Labute approximate surface area is 144 Å². The van der Waals surface area contributed by atoms with Crippen LogP contribution in [0, 0.1) is 28.6 Å². The Morgan fingerprint density at radius 2 is 1.88 bits per heavy atom. The SMILES string of the molecule is C=C[C@H]1C(C)(C)C(=O)[C@H]2C[C@]1(C)[C@@H]([C@H]1C/C(=C\C)C(=O)O1)[C@@]2(C)O. The van der Waals surface area contributed by atoms with Gasteiger partial charge in [0, 0.05) is 29.2 Å². The van der Waals surface area contributed by atoms with Crippen molar-refractivity contribution in [2.45, 2.75) is 59.2 Å². The van der Waals surface area contributed by atoms with Gasteiger partial charge in [-0.05, 0) is 31.6 Å². The summed E-state index contributed by atoms with van der Waals surface area (Å²) in [5.41, 5.74) is -1.44. The standard InChI is InChI=1S/C20H28O4/c1-7-11-9-13(24-17(11)22)15-19(5)10-12(20(15,6)23)16(21)18(3,4)14(19)8-2/h7-8,12-15,23H,2,9-10H2,1,3-6H3/b11-7+/t12-,13-,14+,15-,19+,20+/m1/s1. The zero-order chi connectivity index (χ0) is 18.1. The van der Waals surface area contributed by atoms with Crippen LogP contribution in [0.25, 0.3) is 0 Å². The lowest BCUT2D eigenvalue weighted by Gasteiger charge is -2.48. The lowest BCUT2D eigenvalue weighted by molar-refractivity contribution is -0.150. The van der Waals surface area contributed by atoms with Crippen molar-refractivity contribution in [1.29, 1.82) is 0 Å². The summed E-state index contributed by atoms with van der Waals surface area (Å²) >= 11 is 0. The van der Waals surface area contributed by atoms with Crippen molar-refractivity contribution < 1.29 is 19.4 Å². The molecule has 3 rings (SSSR count). The summed E-state index contributed by atoms with van der Waals surface area (Å²) in [5, 5.41) is 11.3. The van der Waals surface area contributed by atoms with Gasteiger partial charge in [-0.15, -0.1) is 6.58 Å². The molecule has 3 fully saturated rings. The molecule has 1 heterocycles. The number of allylic oxidation sites excluding steroid dienone is 2. The molecule has 1 aliphatic heterocycles. The topological polar surface area (TPSA) is 63.6 Å². The third kappa shape index (κ3) is 1.95. The molecule has 6 atom stereocenters. The number of rotatable bonds is 2. The van der Waals surface area contributed by atoms with Crippen LogP contribution in [0.3, 0.4) is 0 Å². The molecule has 132 valence electrons. The van der Waals surface area contributed by atoms with Crippen molar-refractivity contribution in [3.05, 3.63) is 24.3 Å². The molecule has 0 radical (unpaired) electrons. The third-order valence-corrected chi connectivity index (χ3v) is 7.03. The lowest BCUT2D eigenvalue weighted by atomic mass is 9.54. The molecule has 1 saturated heterocycles. The molecule has 4 nitrogen and oxygen atoms in total. The first-order valence-electron chi connectivity index (χ1n) is 8.77. The number of carbonyl (C=O) groups is 2. The van der Waals surface area contributed by atoms with Crippen LogP contribution in [0.4, 0.5) is 0 Å². The van der Waals surface area contributed by atoms with E-state index in [9.17, 15) is 14.7 Å². The molecule has 4 heteroatoms. The van der Waals surface area contributed by atoms with Gasteiger partial charge in [0.05, 0.1) is 5.60 Å². The average molecular weight is 332 g/mol. The maximum absolute atomic E-state index is 13.1. The average Bonchev–Trinajstić information content (AvgIpc) is 2.91. The van der Waals surface area contributed by atoms with E-state index in [1.165, 1.54) is 0 Å². The molecule has 0 spiro atoms. The summed E-state index contributed by atoms with van der Waals surface area (Å²) in [6.07, 6.45) is 4.36. The van der Waals surface area contributed by atoms with Gasteiger partial charge >= 0.3 is 5.97 Å². The number of carbonyl (C=O) groups excluding carboxylic acids is 2. The fraction of sp³-hybridized carbons (Fsp3) is 0.700. The lowest BCUT2D eigenvalue weighted by Crippen LogP contribution is -2.49. The molecule has 2 aliphatic carbocycles. The maximum Gasteiger partial charge on any atom is 0.334 e. The Balaban J connectivity index is 2.11. The van der Waals surface area contributed by atoms with Crippen LogP contribution in [0.15, 0.2) is 24.3 Å². The first-order valence-corrected chi connectivity index (χ1v) is 8.77. The van der Waals surface area contributed by atoms with E-state index in [-0.39, 0.29) is 29.0 Å². The molecule has 3 aliphatic rings. The van der Waals surface area contributed by atoms with Gasteiger partial charge in [0.2, 0.25) is 0 Å². The van der Waals surface area contributed by atoms with Gasteiger partial charge in [-0.1, -0.05) is 32.9 Å². The number of esters is 1. The molecule has 0 aromatic heterocycles. The molecule has 0 unspecified atom stereocenters. The van der Waals surface area contributed by atoms with Gasteiger partial charge in [0.25, 0.3) is 0 Å². The van der Waals surface area contributed by atoms with Crippen molar-refractivity contribution in [3.63, 3.8) is 0 Å². The first kappa shape index (κ1) is 17.4. The smallest absolute Gasteiger partial charge is 0.334 e. The number of cyclic esters (lactones) is 1. The molecule has 0 amide bonds. The summed E-state index contributed by atoms with van der Waals surface area (Å²) in [4.78, 5) is 25.1. The highest BCUT2D eigenvalue weighted by Gasteiger charge is 2.71. The third-order valence-electron chi connectivity index (χ3n) is 7.03. The minimum absolute atomic E-state index is 0.0684. The Bertz CT molecular complexity index is 642. The quantitative estimate of drug-likeness (QED) is 0.479. The zero-order valence-electron chi connectivity index (χ0n) is 15.3. The predicted octanol–water partition coefficient (Wildman–Crippen LogP) is 3.05. The van der Waals surface area contributed by atoms with Crippen LogP contribution in [0.2, 0.25) is 0 Å². The maximum atomic E-state index is 13.1. The van der Waals surface area contributed by atoms with E-state index in [0.717, 1.165) is 0 Å². The van der Waals surface area contributed by atoms with E-state index >= 15 is 0 Å². The fourth-order valence-electron chi connectivity index (χ4n) is 6.10. The number of aliphatic hydroxyl groups is 1. The van der Waals surface area contributed by atoms with Crippen LogP contribution >= 0.6 is 0 Å². The normalized spacial score (nSPS) is 48.7. The Morgan fingerprint density at radius 3 is 2.38 bits per heavy atom. The van der Waals surface area contributed by atoms with Gasteiger partial charge in [-0.3, -0.25) is 4.79 Å². The fourth-order valence-corrected chi connectivity index (χ4v) is 6.10. The van der Waals surface area contributed by atoms with Crippen molar-refractivity contribution >= 4 is 11.8 Å². The molecule has 24 heavy (non-hydrogen) atoms. The summed E-state index contributed by atoms with van der Waals surface area (Å²) in [6.45, 7) is 13.6. The molecular weight excluding hydrogens is 304 g/mol. The highest BCUT2D eigenvalue weighted by Crippen LogP contribution is 2.67. The van der Waals surface area contributed by atoms with Gasteiger partial charge < -0.3 is 9.84 Å². The minimum atomic E-state index is -1.19. The highest BCUT2D eigenvalue weighted by atomic mass is 16.6. The number of ketones is 1. The van der Waals surface area contributed by atoms with E-state index in [1.807, 2.05) is 26.8 Å². The Hall–Kier alpha value is -1.42. The van der Waals surface area contributed by atoms with Crippen molar-refractivity contribution in [2.24, 2.45) is 28.6 Å². The predicted molar refractivity (Wildman–Crippen MR) is 91.1 cm³/mol. The van der Waals surface area contributed by atoms with Crippen LogP contribution in [-0.2, 0) is 14.3 Å². The van der Waals surface area contributed by atoms with Gasteiger partial charge in [0.15, 0.2) is 0 Å². The zero-order valence-corrected chi connectivity index (χ0v) is 15.3. The van der Waals surface area contributed by atoms with E-state index in [4.69, 9.17) is 4.74 Å². The van der Waals surface area contributed by atoms with Crippen LogP contribution in [-0.4, -0.2) is 28.6 Å². The second kappa shape index (κ2) is 5.04. The van der Waals surface area contributed by atoms with Crippen LogP contribution in [0.5, 0.6) is 0 Å². The number of fused-ring (bicyclic) bond motifs is 2. The molecular formula is C20H28O4. The number of hydrogen-bond acceptors (Lipinski definition) is 4. The van der Waals surface area contributed by atoms with Gasteiger partial charge in [0.1, 0.15) is 11.9 Å². The summed E-state index contributed by atoms with van der Waals surface area (Å²) < 4.78 is 5.64. The summed E-state index contributed by atoms with van der Waals surface area (Å²) in [7, 11) is 0. The van der Waals surface area contributed by atoms with Crippen LogP contribution in [0.1, 0.15) is 47.5 Å². The van der Waals surface area contributed by atoms with Crippen molar-refractivity contribution in [1.82, 2.24) is 0 Å².